The average Bonchev–Trinajstić information content (AvgIpc) is 3.23. The maximum atomic E-state index is 12.8. The Morgan fingerprint density at radius 2 is 1.88 bits per heavy atom. The van der Waals surface area contributed by atoms with Gasteiger partial charge in [0.1, 0.15) is 0 Å². The van der Waals surface area contributed by atoms with Gasteiger partial charge in [-0.3, -0.25) is 9.59 Å². The molecule has 3 rings (SSSR count). The minimum atomic E-state index is -3.91. The summed E-state index contributed by atoms with van der Waals surface area (Å²) in [6.45, 7) is 0.563. The number of carbonyl (C=O) groups excluding carboxylic acids is 2. The largest absolute Gasteiger partial charge is 0.493 e. The third-order valence-electron chi connectivity index (χ3n) is 5.21. The number of amides is 2. The van der Waals surface area contributed by atoms with Gasteiger partial charge in [-0.15, -0.1) is 0 Å². The fourth-order valence-corrected chi connectivity index (χ4v) is 4.60. The molecule has 0 aliphatic carbocycles. The standard InChI is InChI=1S/C22H27N3O6S/c1-24(32(28,29)18-9-10-19(30-2)20(13-18)31-3)15-21(26)23-14-16-6-4-7-17(12-16)25-11-5-8-22(25)27/h4,6-7,9-10,12-13H,5,8,11,14-15H2,1-3H3,(H,23,26). The molecule has 0 saturated carbocycles. The van der Waals surface area contributed by atoms with Crippen LogP contribution in [-0.2, 0) is 26.2 Å². The van der Waals surface area contributed by atoms with Gasteiger partial charge in [-0.1, -0.05) is 12.1 Å². The molecule has 2 amide bonds. The highest BCUT2D eigenvalue weighted by molar-refractivity contribution is 7.89. The first-order valence-electron chi connectivity index (χ1n) is 10.1. The molecule has 1 aliphatic heterocycles. The summed E-state index contributed by atoms with van der Waals surface area (Å²) in [7, 11) is 0.309. The highest BCUT2D eigenvalue weighted by Gasteiger charge is 2.25. The summed E-state index contributed by atoms with van der Waals surface area (Å²) in [6, 6.07) is 11.6. The van der Waals surface area contributed by atoms with Gasteiger partial charge in [0, 0.05) is 38.3 Å². The van der Waals surface area contributed by atoms with E-state index in [1.165, 1.54) is 39.5 Å². The van der Waals surface area contributed by atoms with E-state index < -0.39 is 15.9 Å². The zero-order valence-corrected chi connectivity index (χ0v) is 19.1. The molecule has 10 heteroatoms. The Morgan fingerprint density at radius 1 is 1.12 bits per heavy atom. The predicted molar refractivity (Wildman–Crippen MR) is 119 cm³/mol. The number of carbonyl (C=O) groups is 2. The smallest absolute Gasteiger partial charge is 0.243 e. The molecule has 2 aromatic rings. The third-order valence-corrected chi connectivity index (χ3v) is 7.01. The summed E-state index contributed by atoms with van der Waals surface area (Å²) < 4.78 is 37.0. The molecule has 0 radical (unpaired) electrons. The zero-order valence-electron chi connectivity index (χ0n) is 18.3. The van der Waals surface area contributed by atoms with Gasteiger partial charge in [-0.25, -0.2) is 8.42 Å². The Labute approximate surface area is 188 Å². The van der Waals surface area contributed by atoms with Crippen LogP contribution in [0.5, 0.6) is 11.5 Å². The average molecular weight is 462 g/mol. The second-order valence-corrected chi connectivity index (χ2v) is 9.42. The topological polar surface area (TPSA) is 105 Å². The summed E-state index contributed by atoms with van der Waals surface area (Å²) in [5.41, 5.74) is 1.62. The quantitative estimate of drug-likeness (QED) is 0.610. The highest BCUT2D eigenvalue weighted by Crippen LogP contribution is 2.30. The molecule has 172 valence electrons. The number of methoxy groups -OCH3 is 2. The Kier molecular flexibility index (Phi) is 7.37. The van der Waals surface area contributed by atoms with Crippen LogP contribution in [0.15, 0.2) is 47.4 Å². The van der Waals surface area contributed by atoms with Gasteiger partial charge in [-0.2, -0.15) is 4.31 Å². The van der Waals surface area contributed by atoms with E-state index in [-0.39, 0.29) is 29.6 Å². The molecule has 0 atom stereocenters. The van der Waals surface area contributed by atoms with Crippen LogP contribution in [0.3, 0.4) is 0 Å². The van der Waals surface area contributed by atoms with Crippen molar-refractivity contribution in [2.24, 2.45) is 0 Å². The van der Waals surface area contributed by atoms with Crippen LogP contribution in [0.2, 0.25) is 0 Å². The number of nitrogens with one attached hydrogen (secondary N) is 1. The van der Waals surface area contributed by atoms with Crippen LogP contribution in [0.4, 0.5) is 5.69 Å². The van der Waals surface area contributed by atoms with E-state index in [1.54, 1.807) is 4.90 Å². The lowest BCUT2D eigenvalue weighted by atomic mass is 10.2. The molecule has 2 aromatic carbocycles. The molecular weight excluding hydrogens is 434 g/mol. The molecular formula is C22H27N3O6S. The van der Waals surface area contributed by atoms with Crippen LogP contribution in [-0.4, -0.2) is 58.9 Å². The second kappa shape index (κ2) is 10.0. The molecule has 0 bridgehead atoms. The van der Waals surface area contributed by atoms with Crippen molar-refractivity contribution in [1.29, 1.82) is 0 Å². The van der Waals surface area contributed by atoms with E-state index >= 15 is 0 Å². The van der Waals surface area contributed by atoms with E-state index in [0.717, 1.165) is 22.0 Å². The first-order valence-corrected chi connectivity index (χ1v) is 11.5. The Balaban J connectivity index is 1.62. The number of benzene rings is 2. The van der Waals surface area contributed by atoms with Crippen molar-refractivity contribution < 1.29 is 27.5 Å². The highest BCUT2D eigenvalue weighted by atomic mass is 32.2. The van der Waals surface area contributed by atoms with Gasteiger partial charge in [0.25, 0.3) is 0 Å². The lowest BCUT2D eigenvalue weighted by Gasteiger charge is -2.19. The molecule has 1 heterocycles. The van der Waals surface area contributed by atoms with Crippen molar-refractivity contribution in [1.82, 2.24) is 9.62 Å². The minimum Gasteiger partial charge on any atom is -0.493 e. The summed E-state index contributed by atoms with van der Waals surface area (Å²) in [4.78, 5) is 26.1. The predicted octanol–water partition coefficient (Wildman–Crippen LogP) is 1.77. The number of hydrogen-bond donors (Lipinski definition) is 1. The van der Waals surface area contributed by atoms with Crippen molar-refractivity contribution in [3.8, 4) is 11.5 Å². The van der Waals surface area contributed by atoms with E-state index in [1.807, 2.05) is 24.3 Å². The van der Waals surface area contributed by atoms with Gasteiger partial charge in [0.15, 0.2) is 11.5 Å². The molecule has 1 N–H and O–H groups in total. The van der Waals surface area contributed by atoms with Crippen LogP contribution < -0.4 is 19.7 Å². The fraction of sp³-hybridized carbons (Fsp3) is 0.364. The first-order chi connectivity index (χ1) is 15.3. The summed E-state index contributed by atoms with van der Waals surface area (Å²) >= 11 is 0. The third kappa shape index (κ3) is 5.20. The Bertz CT molecular complexity index is 1100. The molecule has 0 unspecified atom stereocenters. The summed E-state index contributed by atoms with van der Waals surface area (Å²) in [6.07, 6.45) is 1.38. The SMILES string of the molecule is COc1ccc(S(=O)(=O)N(C)CC(=O)NCc2cccc(N3CCCC3=O)c2)cc1OC. The summed E-state index contributed by atoms with van der Waals surface area (Å²) in [5, 5.41) is 2.73. The maximum Gasteiger partial charge on any atom is 0.243 e. The van der Waals surface area contributed by atoms with Crippen molar-refractivity contribution in [2.75, 3.05) is 39.3 Å². The normalized spacial score (nSPS) is 14.0. The number of ether oxygens (including phenoxy) is 2. The molecule has 0 spiro atoms. The van der Waals surface area contributed by atoms with Crippen LogP contribution in [0.1, 0.15) is 18.4 Å². The monoisotopic (exact) mass is 461 g/mol. The zero-order chi connectivity index (χ0) is 23.3. The van der Waals surface area contributed by atoms with Gasteiger partial charge < -0.3 is 19.7 Å². The van der Waals surface area contributed by atoms with Crippen LogP contribution in [0.25, 0.3) is 0 Å². The number of rotatable bonds is 9. The Morgan fingerprint density at radius 3 is 2.53 bits per heavy atom. The van der Waals surface area contributed by atoms with Crippen molar-refractivity contribution in [2.45, 2.75) is 24.3 Å². The maximum absolute atomic E-state index is 12.8. The van der Waals surface area contributed by atoms with Crippen molar-refractivity contribution >= 4 is 27.5 Å². The van der Waals surface area contributed by atoms with Crippen molar-refractivity contribution in [3.05, 3.63) is 48.0 Å². The van der Waals surface area contributed by atoms with Crippen LogP contribution in [0, 0.1) is 0 Å². The Hall–Kier alpha value is -3.11. The van der Waals surface area contributed by atoms with E-state index in [0.29, 0.717) is 18.7 Å². The second-order valence-electron chi connectivity index (χ2n) is 7.37. The van der Waals surface area contributed by atoms with Gasteiger partial charge in [0.05, 0.1) is 25.7 Å². The molecule has 1 fully saturated rings. The molecule has 9 nitrogen and oxygen atoms in total. The molecule has 1 aliphatic rings. The lowest BCUT2D eigenvalue weighted by Crippen LogP contribution is -2.38. The number of sulfonamides is 1. The van der Waals surface area contributed by atoms with E-state index in [2.05, 4.69) is 5.32 Å². The van der Waals surface area contributed by atoms with Crippen LogP contribution >= 0.6 is 0 Å². The van der Waals surface area contributed by atoms with E-state index in [4.69, 9.17) is 9.47 Å². The molecule has 0 aromatic heterocycles. The first kappa shape index (κ1) is 23.6. The minimum absolute atomic E-state index is 0.00608. The molecule has 32 heavy (non-hydrogen) atoms. The number of hydrogen-bond acceptors (Lipinski definition) is 6. The fourth-order valence-electron chi connectivity index (χ4n) is 3.46. The molecule has 1 saturated heterocycles. The summed E-state index contributed by atoms with van der Waals surface area (Å²) in [5.74, 6) is 0.333. The van der Waals surface area contributed by atoms with Crippen molar-refractivity contribution in [3.63, 3.8) is 0 Å². The number of nitrogens with zero attached hydrogens (tertiary/aromatic N) is 2. The van der Waals surface area contributed by atoms with Gasteiger partial charge in [-0.05, 0) is 36.2 Å². The lowest BCUT2D eigenvalue weighted by molar-refractivity contribution is -0.121. The van der Waals surface area contributed by atoms with E-state index in [9.17, 15) is 18.0 Å². The van der Waals surface area contributed by atoms with Gasteiger partial charge >= 0.3 is 0 Å². The van der Waals surface area contributed by atoms with Gasteiger partial charge in [0.2, 0.25) is 21.8 Å². The number of likely N-dealkylation sites (N-methyl/N-ethyl adjacent to an activating group) is 1. The number of anilines is 1.